The molecular formula is C14H28N2O. The van der Waals surface area contributed by atoms with E-state index in [0.717, 1.165) is 18.9 Å². The molecule has 0 aromatic rings. The Labute approximate surface area is 106 Å². The van der Waals surface area contributed by atoms with Crippen LogP contribution in [0, 0.1) is 5.92 Å². The van der Waals surface area contributed by atoms with E-state index in [2.05, 4.69) is 24.5 Å². The lowest BCUT2D eigenvalue weighted by Gasteiger charge is -2.20. The summed E-state index contributed by atoms with van der Waals surface area (Å²) < 4.78 is 0. The topological polar surface area (TPSA) is 41.1 Å². The number of nitrogens with one attached hydrogen (secondary N) is 2. The first-order valence-electron chi connectivity index (χ1n) is 7.16. The summed E-state index contributed by atoms with van der Waals surface area (Å²) in [6.07, 6.45) is 7.07. The van der Waals surface area contributed by atoms with Crippen LogP contribution in [-0.2, 0) is 4.79 Å². The molecule has 100 valence electrons. The van der Waals surface area contributed by atoms with E-state index in [4.69, 9.17) is 0 Å². The van der Waals surface area contributed by atoms with Crippen molar-refractivity contribution in [2.75, 3.05) is 6.54 Å². The lowest BCUT2D eigenvalue weighted by molar-refractivity contribution is -0.121. The molecule has 1 fully saturated rings. The van der Waals surface area contributed by atoms with Gasteiger partial charge in [-0.3, -0.25) is 4.79 Å². The minimum atomic E-state index is 0.172. The van der Waals surface area contributed by atoms with Gasteiger partial charge in [-0.25, -0.2) is 0 Å². The molecule has 0 aliphatic heterocycles. The van der Waals surface area contributed by atoms with E-state index in [0.29, 0.717) is 18.5 Å². The van der Waals surface area contributed by atoms with Crippen LogP contribution in [0.5, 0.6) is 0 Å². The second-order valence-electron chi connectivity index (χ2n) is 5.41. The van der Waals surface area contributed by atoms with E-state index < -0.39 is 0 Å². The van der Waals surface area contributed by atoms with Gasteiger partial charge in [-0.2, -0.15) is 0 Å². The molecule has 0 saturated heterocycles. The molecule has 1 saturated carbocycles. The van der Waals surface area contributed by atoms with Gasteiger partial charge in [0.15, 0.2) is 0 Å². The van der Waals surface area contributed by atoms with E-state index in [-0.39, 0.29) is 5.91 Å². The molecule has 0 aromatic carbocycles. The number of hydrogen-bond acceptors (Lipinski definition) is 2. The normalized spacial score (nSPS) is 20.2. The van der Waals surface area contributed by atoms with Crippen molar-refractivity contribution in [1.82, 2.24) is 10.6 Å². The lowest BCUT2D eigenvalue weighted by atomic mass is 10.00. The van der Waals surface area contributed by atoms with Gasteiger partial charge >= 0.3 is 0 Å². The number of carbonyl (C=O) groups is 1. The van der Waals surface area contributed by atoms with Crippen LogP contribution in [0.25, 0.3) is 0 Å². The Morgan fingerprint density at radius 3 is 2.53 bits per heavy atom. The molecule has 2 N–H and O–H groups in total. The summed E-state index contributed by atoms with van der Waals surface area (Å²) >= 11 is 0. The largest absolute Gasteiger partial charge is 0.354 e. The Kier molecular flexibility index (Phi) is 6.56. The van der Waals surface area contributed by atoms with Crippen LogP contribution in [0.3, 0.4) is 0 Å². The molecule has 0 radical (unpaired) electrons. The van der Waals surface area contributed by atoms with Gasteiger partial charge in [-0.15, -0.1) is 0 Å². The SMILES string of the molecule is CCC(C)NC(=O)CCNC(C)C1CCCC1. The molecule has 1 aliphatic carbocycles. The van der Waals surface area contributed by atoms with Gasteiger partial charge in [0.05, 0.1) is 0 Å². The zero-order chi connectivity index (χ0) is 12.7. The molecule has 1 rings (SSSR count). The fourth-order valence-corrected chi connectivity index (χ4v) is 2.49. The first kappa shape index (κ1) is 14.5. The molecule has 0 heterocycles. The van der Waals surface area contributed by atoms with Gasteiger partial charge in [0.2, 0.25) is 5.91 Å². The van der Waals surface area contributed by atoms with Gasteiger partial charge in [0, 0.05) is 25.0 Å². The quantitative estimate of drug-likeness (QED) is 0.717. The maximum absolute atomic E-state index is 11.6. The average Bonchev–Trinajstić information content (AvgIpc) is 2.82. The number of amides is 1. The predicted molar refractivity (Wildman–Crippen MR) is 71.9 cm³/mol. The summed E-state index contributed by atoms with van der Waals surface area (Å²) in [5.41, 5.74) is 0. The number of rotatable bonds is 7. The maximum atomic E-state index is 11.6. The third-order valence-electron chi connectivity index (χ3n) is 3.95. The van der Waals surface area contributed by atoms with Crippen molar-refractivity contribution in [3.8, 4) is 0 Å². The Hall–Kier alpha value is -0.570. The number of carbonyl (C=O) groups excluding carboxylic acids is 1. The molecule has 0 aromatic heterocycles. The van der Waals surface area contributed by atoms with E-state index in [9.17, 15) is 4.79 Å². The van der Waals surface area contributed by atoms with Crippen molar-refractivity contribution >= 4 is 5.91 Å². The highest BCUT2D eigenvalue weighted by molar-refractivity contribution is 5.76. The summed E-state index contributed by atoms with van der Waals surface area (Å²) in [5, 5.41) is 6.48. The molecule has 0 bridgehead atoms. The van der Waals surface area contributed by atoms with Gasteiger partial charge < -0.3 is 10.6 Å². The van der Waals surface area contributed by atoms with E-state index in [1.807, 2.05) is 6.92 Å². The van der Waals surface area contributed by atoms with Crippen LogP contribution in [0.15, 0.2) is 0 Å². The Balaban J connectivity index is 2.08. The highest BCUT2D eigenvalue weighted by Gasteiger charge is 2.20. The van der Waals surface area contributed by atoms with Crippen LogP contribution >= 0.6 is 0 Å². The summed E-state index contributed by atoms with van der Waals surface area (Å²) in [6.45, 7) is 7.19. The minimum absolute atomic E-state index is 0.172. The van der Waals surface area contributed by atoms with E-state index in [1.165, 1.54) is 25.7 Å². The third kappa shape index (κ3) is 5.53. The lowest BCUT2D eigenvalue weighted by Crippen LogP contribution is -2.37. The fraction of sp³-hybridized carbons (Fsp3) is 0.929. The van der Waals surface area contributed by atoms with Crippen molar-refractivity contribution in [2.24, 2.45) is 5.92 Å². The smallest absolute Gasteiger partial charge is 0.221 e. The van der Waals surface area contributed by atoms with Crippen molar-refractivity contribution < 1.29 is 4.79 Å². The first-order valence-corrected chi connectivity index (χ1v) is 7.16. The van der Waals surface area contributed by atoms with Gasteiger partial charge in [0.25, 0.3) is 0 Å². The average molecular weight is 240 g/mol. The predicted octanol–water partition coefficient (Wildman–Crippen LogP) is 2.46. The minimum Gasteiger partial charge on any atom is -0.354 e. The highest BCUT2D eigenvalue weighted by Crippen LogP contribution is 2.27. The zero-order valence-electron chi connectivity index (χ0n) is 11.6. The van der Waals surface area contributed by atoms with Crippen LogP contribution in [0.4, 0.5) is 0 Å². The van der Waals surface area contributed by atoms with Crippen LogP contribution < -0.4 is 10.6 Å². The monoisotopic (exact) mass is 240 g/mol. The number of hydrogen-bond donors (Lipinski definition) is 2. The summed E-state index contributed by atoms with van der Waals surface area (Å²) in [4.78, 5) is 11.6. The Bertz CT molecular complexity index is 224. The van der Waals surface area contributed by atoms with Crippen molar-refractivity contribution in [2.45, 2.75) is 71.4 Å². The summed E-state index contributed by atoms with van der Waals surface area (Å²) in [6, 6.07) is 0.864. The molecular weight excluding hydrogens is 212 g/mol. The molecule has 1 amide bonds. The molecule has 3 nitrogen and oxygen atoms in total. The van der Waals surface area contributed by atoms with Crippen LogP contribution in [-0.4, -0.2) is 24.5 Å². The molecule has 3 heteroatoms. The third-order valence-corrected chi connectivity index (χ3v) is 3.95. The van der Waals surface area contributed by atoms with Crippen LogP contribution in [0.1, 0.15) is 59.3 Å². The van der Waals surface area contributed by atoms with Crippen molar-refractivity contribution in [3.05, 3.63) is 0 Å². The second-order valence-corrected chi connectivity index (χ2v) is 5.41. The second kappa shape index (κ2) is 7.70. The summed E-state index contributed by atoms with van der Waals surface area (Å²) in [7, 11) is 0. The zero-order valence-corrected chi connectivity index (χ0v) is 11.6. The van der Waals surface area contributed by atoms with Gasteiger partial charge in [-0.05, 0) is 39.0 Å². The Morgan fingerprint density at radius 2 is 1.94 bits per heavy atom. The van der Waals surface area contributed by atoms with Gasteiger partial charge in [-0.1, -0.05) is 19.8 Å². The first-order chi connectivity index (χ1) is 8.13. The standard InChI is InChI=1S/C14H28N2O/c1-4-11(2)16-14(17)9-10-15-12(3)13-7-5-6-8-13/h11-13,15H,4-10H2,1-3H3,(H,16,17). The fourth-order valence-electron chi connectivity index (χ4n) is 2.49. The molecule has 2 atom stereocenters. The Morgan fingerprint density at radius 1 is 1.29 bits per heavy atom. The van der Waals surface area contributed by atoms with Gasteiger partial charge in [0.1, 0.15) is 0 Å². The van der Waals surface area contributed by atoms with E-state index in [1.54, 1.807) is 0 Å². The molecule has 17 heavy (non-hydrogen) atoms. The molecule has 1 aliphatic rings. The molecule has 2 unspecified atom stereocenters. The van der Waals surface area contributed by atoms with Crippen molar-refractivity contribution in [3.63, 3.8) is 0 Å². The summed E-state index contributed by atoms with van der Waals surface area (Å²) in [5.74, 6) is 0.998. The maximum Gasteiger partial charge on any atom is 0.221 e. The van der Waals surface area contributed by atoms with Crippen molar-refractivity contribution in [1.29, 1.82) is 0 Å². The van der Waals surface area contributed by atoms with E-state index >= 15 is 0 Å². The van der Waals surface area contributed by atoms with Crippen LogP contribution in [0.2, 0.25) is 0 Å². The highest BCUT2D eigenvalue weighted by atomic mass is 16.1. The molecule has 0 spiro atoms.